The summed E-state index contributed by atoms with van der Waals surface area (Å²) in [4.78, 5) is 33.3. The lowest BCUT2D eigenvalue weighted by Gasteiger charge is -2.06. The van der Waals surface area contributed by atoms with Crippen LogP contribution in [0.4, 0.5) is 5.69 Å². The average molecular weight is 287 g/mol. The van der Waals surface area contributed by atoms with Crippen molar-refractivity contribution in [1.29, 1.82) is 0 Å². The maximum absolute atomic E-state index is 11.9. The van der Waals surface area contributed by atoms with Crippen molar-refractivity contribution in [2.75, 3.05) is 5.32 Å². The number of carbonyl (C=O) groups is 2. The third-order valence-electron chi connectivity index (χ3n) is 2.72. The van der Waals surface area contributed by atoms with Gasteiger partial charge < -0.3 is 10.4 Å². The zero-order valence-corrected chi connectivity index (χ0v) is 11.0. The second-order valence-corrected chi connectivity index (χ2v) is 4.35. The lowest BCUT2D eigenvalue weighted by atomic mass is 10.1. The van der Waals surface area contributed by atoms with Crippen molar-refractivity contribution < 1.29 is 14.7 Å². The minimum Gasteiger partial charge on any atom is -0.481 e. The number of amides is 1. The Morgan fingerprint density at radius 1 is 1.24 bits per heavy atom. The molecule has 0 aliphatic heterocycles. The molecule has 108 valence electrons. The molecule has 0 unspecified atom stereocenters. The lowest BCUT2D eigenvalue weighted by Crippen LogP contribution is -2.17. The van der Waals surface area contributed by atoms with Gasteiger partial charge in [-0.15, -0.1) is 0 Å². The molecule has 0 saturated carbocycles. The highest BCUT2D eigenvalue weighted by atomic mass is 16.4. The van der Waals surface area contributed by atoms with Crippen LogP contribution in [0.15, 0.2) is 41.2 Å². The van der Waals surface area contributed by atoms with Crippen LogP contribution in [0.25, 0.3) is 0 Å². The average Bonchev–Trinajstić information content (AvgIpc) is 2.46. The number of nitrogens with zero attached hydrogens (tertiary/aromatic N) is 1. The Kier molecular flexibility index (Phi) is 4.45. The monoisotopic (exact) mass is 287 g/mol. The predicted octanol–water partition coefficient (Wildman–Crippen LogP) is 1.04. The summed E-state index contributed by atoms with van der Waals surface area (Å²) in [7, 11) is 0. The molecule has 0 saturated heterocycles. The molecule has 0 aliphatic carbocycles. The zero-order valence-electron chi connectivity index (χ0n) is 11.0. The predicted molar refractivity (Wildman–Crippen MR) is 75.2 cm³/mol. The number of nitrogens with one attached hydrogen (secondary N) is 2. The van der Waals surface area contributed by atoms with Crippen molar-refractivity contribution in [3.63, 3.8) is 0 Å². The minimum atomic E-state index is -0.873. The molecular formula is C14H13N3O4. The molecule has 1 aromatic heterocycles. The lowest BCUT2D eigenvalue weighted by molar-refractivity contribution is -0.136. The van der Waals surface area contributed by atoms with E-state index in [1.807, 2.05) is 0 Å². The van der Waals surface area contributed by atoms with Gasteiger partial charge in [-0.25, -0.2) is 5.10 Å². The number of H-pyrrole nitrogens is 1. The summed E-state index contributed by atoms with van der Waals surface area (Å²) in [6.07, 6.45) is 0.412. The van der Waals surface area contributed by atoms with Crippen LogP contribution in [0.5, 0.6) is 0 Å². The number of carboxylic acid groups (broad SMARTS) is 1. The fraction of sp³-hybridized carbons (Fsp3) is 0.143. The summed E-state index contributed by atoms with van der Waals surface area (Å²) >= 11 is 0. The van der Waals surface area contributed by atoms with E-state index in [-0.39, 0.29) is 17.7 Å². The van der Waals surface area contributed by atoms with Gasteiger partial charge in [-0.3, -0.25) is 14.4 Å². The summed E-state index contributed by atoms with van der Waals surface area (Å²) in [6.45, 7) is 0. The maximum Gasteiger partial charge on any atom is 0.303 e. The molecule has 3 N–H and O–H groups in total. The van der Waals surface area contributed by atoms with Gasteiger partial charge in [0.2, 0.25) is 0 Å². The summed E-state index contributed by atoms with van der Waals surface area (Å²) in [6, 6.07) is 9.44. The number of hydrogen-bond acceptors (Lipinski definition) is 4. The minimum absolute atomic E-state index is 0.0267. The summed E-state index contributed by atoms with van der Waals surface area (Å²) < 4.78 is 0. The SMILES string of the molecule is O=C(O)CCc1cccc(NC(=O)c2ccc(=O)[nH]n2)c1. The van der Waals surface area contributed by atoms with Gasteiger partial charge >= 0.3 is 5.97 Å². The van der Waals surface area contributed by atoms with Crippen LogP contribution in [-0.2, 0) is 11.2 Å². The summed E-state index contributed by atoms with van der Waals surface area (Å²) in [5, 5.41) is 17.1. The van der Waals surface area contributed by atoms with Crippen LogP contribution in [-0.4, -0.2) is 27.2 Å². The second kappa shape index (κ2) is 6.47. The van der Waals surface area contributed by atoms with Crippen LogP contribution in [0.1, 0.15) is 22.5 Å². The molecule has 0 aliphatic rings. The second-order valence-electron chi connectivity index (χ2n) is 4.35. The smallest absolute Gasteiger partial charge is 0.303 e. The van der Waals surface area contributed by atoms with E-state index < -0.39 is 11.9 Å². The van der Waals surface area contributed by atoms with Crippen LogP contribution < -0.4 is 10.9 Å². The molecule has 2 aromatic rings. The molecular weight excluding hydrogens is 274 g/mol. The van der Waals surface area contributed by atoms with E-state index in [1.54, 1.807) is 24.3 Å². The van der Waals surface area contributed by atoms with Gasteiger partial charge in [-0.05, 0) is 30.2 Å². The van der Waals surface area contributed by atoms with Crippen molar-refractivity contribution in [1.82, 2.24) is 10.2 Å². The molecule has 7 nitrogen and oxygen atoms in total. The van der Waals surface area contributed by atoms with Crippen molar-refractivity contribution in [3.8, 4) is 0 Å². The Hall–Kier alpha value is -2.96. The van der Waals surface area contributed by atoms with Gasteiger partial charge in [0.15, 0.2) is 0 Å². The van der Waals surface area contributed by atoms with Crippen molar-refractivity contribution in [3.05, 3.63) is 58.0 Å². The quantitative estimate of drug-likeness (QED) is 0.760. The van der Waals surface area contributed by atoms with Crippen molar-refractivity contribution in [2.24, 2.45) is 0 Å². The van der Waals surface area contributed by atoms with Crippen molar-refractivity contribution >= 4 is 17.6 Å². The molecule has 1 amide bonds. The number of aryl methyl sites for hydroxylation is 1. The molecule has 0 radical (unpaired) electrons. The van der Waals surface area contributed by atoms with Crippen LogP contribution in [0.3, 0.4) is 0 Å². The molecule has 0 fully saturated rings. The number of benzene rings is 1. The fourth-order valence-electron chi connectivity index (χ4n) is 1.72. The number of rotatable bonds is 5. The highest BCUT2D eigenvalue weighted by Gasteiger charge is 2.08. The maximum atomic E-state index is 11.9. The molecule has 0 atom stereocenters. The third kappa shape index (κ3) is 4.27. The molecule has 0 spiro atoms. The van der Waals surface area contributed by atoms with E-state index >= 15 is 0 Å². The van der Waals surface area contributed by atoms with E-state index in [9.17, 15) is 14.4 Å². The number of aromatic amines is 1. The van der Waals surface area contributed by atoms with Crippen molar-refractivity contribution in [2.45, 2.75) is 12.8 Å². The highest BCUT2D eigenvalue weighted by Crippen LogP contribution is 2.13. The fourth-order valence-corrected chi connectivity index (χ4v) is 1.72. The molecule has 7 heteroatoms. The van der Waals surface area contributed by atoms with Crippen LogP contribution in [0, 0.1) is 0 Å². The molecule has 1 heterocycles. The van der Waals surface area contributed by atoms with Gasteiger partial charge in [0, 0.05) is 18.2 Å². The first-order chi connectivity index (χ1) is 10.0. The van der Waals surface area contributed by atoms with E-state index in [1.165, 1.54) is 12.1 Å². The van der Waals surface area contributed by atoms with Gasteiger partial charge in [0.25, 0.3) is 11.5 Å². The number of hydrogen-bond donors (Lipinski definition) is 3. The first-order valence-electron chi connectivity index (χ1n) is 6.22. The van der Waals surface area contributed by atoms with Crippen LogP contribution >= 0.6 is 0 Å². The number of aromatic nitrogens is 2. The van der Waals surface area contributed by atoms with Gasteiger partial charge in [0.05, 0.1) is 0 Å². The normalized spacial score (nSPS) is 10.1. The number of carboxylic acids is 1. The topological polar surface area (TPSA) is 112 Å². The Morgan fingerprint density at radius 3 is 2.71 bits per heavy atom. The highest BCUT2D eigenvalue weighted by molar-refractivity contribution is 6.02. The largest absolute Gasteiger partial charge is 0.481 e. The van der Waals surface area contributed by atoms with Gasteiger partial charge in [-0.2, -0.15) is 5.10 Å². The Bertz CT molecular complexity index is 704. The van der Waals surface area contributed by atoms with E-state index in [2.05, 4.69) is 15.5 Å². The Labute approximate surface area is 119 Å². The standard InChI is InChI=1S/C14H13N3O4/c18-12-6-5-11(16-17-12)14(21)15-10-3-1-2-9(8-10)4-7-13(19)20/h1-3,5-6,8H,4,7H2,(H,15,21)(H,17,18)(H,19,20). The van der Waals surface area contributed by atoms with E-state index in [0.29, 0.717) is 12.1 Å². The van der Waals surface area contributed by atoms with E-state index in [4.69, 9.17) is 5.11 Å². The molecule has 21 heavy (non-hydrogen) atoms. The first-order valence-corrected chi connectivity index (χ1v) is 6.22. The molecule has 0 bridgehead atoms. The third-order valence-corrected chi connectivity index (χ3v) is 2.72. The molecule has 1 aromatic carbocycles. The summed E-state index contributed by atoms with van der Waals surface area (Å²) in [5.41, 5.74) is 1.05. The molecule has 2 rings (SSSR count). The first kappa shape index (κ1) is 14.4. The van der Waals surface area contributed by atoms with Gasteiger partial charge in [0.1, 0.15) is 5.69 Å². The summed E-state index contributed by atoms with van der Waals surface area (Å²) in [5.74, 6) is -1.33. The number of anilines is 1. The Balaban J connectivity index is 2.06. The van der Waals surface area contributed by atoms with Crippen LogP contribution in [0.2, 0.25) is 0 Å². The zero-order chi connectivity index (χ0) is 15.2. The Morgan fingerprint density at radius 2 is 2.05 bits per heavy atom. The number of carbonyl (C=O) groups excluding carboxylic acids is 1. The number of aliphatic carboxylic acids is 1. The van der Waals surface area contributed by atoms with Gasteiger partial charge in [-0.1, -0.05) is 12.1 Å². The van der Waals surface area contributed by atoms with E-state index in [0.717, 1.165) is 5.56 Å².